The number of rotatable bonds is 7. The highest BCUT2D eigenvalue weighted by molar-refractivity contribution is 7.98. The molecule has 1 amide bonds. The van der Waals surface area contributed by atoms with Gasteiger partial charge >= 0.3 is 0 Å². The standard InChI is InChI=1S/C19H21N3OS/c1-22(14-15-6-8-18(24-2)9-7-15)11-10-19(23)21-17-5-3-4-16(12-17)13-20/h3-9,12H,10-11,14H2,1-2H3,(H,21,23). The third kappa shape index (κ3) is 5.73. The maximum atomic E-state index is 12.0. The summed E-state index contributed by atoms with van der Waals surface area (Å²) in [7, 11) is 2.01. The van der Waals surface area contributed by atoms with Gasteiger partial charge in [0.05, 0.1) is 11.6 Å². The predicted molar refractivity (Wildman–Crippen MR) is 99.0 cm³/mol. The Morgan fingerprint density at radius 3 is 2.67 bits per heavy atom. The number of thioether (sulfide) groups is 1. The van der Waals surface area contributed by atoms with Crippen LogP contribution in [-0.4, -0.2) is 30.7 Å². The van der Waals surface area contributed by atoms with Gasteiger partial charge in [0.15, 0.2) is 0 Å². The van der Waals surface area contributed by atoms with E-state index >= 15 is 0 Å². The summed E-state index contributed by atoms with van der Waals surface area (Å²) >= 11 is 1.73. The van der Waals surface area contributed by atoms with E-state index in [1.165, 1.54) is 10.5 Å². The quantitative estimate of drug-likeness (QED) is 0.781. The Balaban J connectivity index is 1.79. The number of hydrogen-bond acceptors (Lipinski definition) is 4. The monoisotopic (exact) mass is 339 g/mol. The third-order valence-electron chi connectivity index (χ3n) is 3.61. The zero-order valence-electron chi connectivity index (χ0n) is 14.0. The average Bonchev–Trinajstić information content (AvgIpc) is 2.61. The molecule has 0 aromatic heterocycles. The number of nitriles is 1. The molecule has 4 nitrogen and oxygen atoms in total. The maximum absolute atomic E-state index is 12.0. The molecule has 5 heteroatoms. The van der Waals surface area contributed by atoms with Crippen LogP contribution in [0.2, 0.25) is 0 Å². The second kappa shape index (κ2) is 9.11. The average molecular weight is 339 g/mol. The molecule has 2 aromatic rings. The summed E-state index contributed by atoms with van der Waals surface area (Å²) in [5, 5.41) is 11.7. The molecule has 0 aliphatic heterocycles. The first kappa shape index (κ1) is 18.1. The second-order valence-corrected chi connectivity index (χ2v) is 6.46. The molecule has 0 aliphatic carbocycles. The van der Waals surface area contributed by atoms with Gasteiger partial charge in [0.1, 0.15) is 0 Å². The van der Waals surface area contributed by atoms with Crippen LogP contribution < -0.4 is 5.32 Å². The summed E-state index contributed by atoms with van der Waals surface area (Å²) in [4.78, 5) is 15.4. The Bertz CT molecular complexity index is 722. The smallest absolute Gasteiger partial charge is 0.225 e. The van der Waals surface area contributed by atoms with Crippen LogP contribution in [0, 0.1) is 11.3 Å². The maximum Gasteiger partial charge on any atom is 0.225 e. The van der Waals surface area contributed by atoms with E-state index < -0.39 is 0 Å². The predicted octanol–water partition coefficient (Wildman–Crippen LogP) is 3.74. The first-order valence-corrected chi connectivity index (χ1v) is 8.94. The highest BCUT2D eigenvalue weighted by Crippen LogP contribution is 2.15. The van der Waals surface area contributed by atoms with Crippen molar-refractivity contribution in [2.75, 3.05) is 25.2 Å². The highest BCUT2D eigenvalue weighted by Gasteiger charge is 2.06. The van der Waals surface area contributed by atoms with Crippen molar-refractivity contribution in [2.24, 2.45) is 0 Å². The normalized spacial score (nSPS) is 10.4. The Morgan fingerprint density at radius 2 is 2.00 bits per heavy atom. The number of benzene rings is 2. The van der Waals surface area contributed by atoms with Crippen molar-refractivity contribution in [3.05, 3.63) is 59.7 Å². The summed E-state index contributed by atoms with van der Waals surface area (Å²) in [5.74, 6) is -0.0466. The number of nitrogens with one attached hydrogen (secondary N) is 1. The van der Waals surface area contributed by atoms with Crippen molar-refractivity contribution in [3.8, 4) is 6.07 Å². The summed E-state index contributed by atoms with van der Waals surface area (Å²) in [6.07, 6.45) is 2.47. The van der Waals surface area contributed by atoms with E-state index in [0.717, 1.165) is 6.54 Å². The van der Waals surface area contributed by atoms with Crippen LogP contribution in [0.25, 0.3) is 0 Å². The summed E-state index contributed by atoms with van der Waals surface area (Å²) in [6, 6.07) is 17.5. The molecular weight excluding hydrogens is 318 g/mol. The zero-order chi connectivity index (χ0) is 17.4. The van der Waals surface area contributed by atoms with Crippen LogP contribution in [0.4, 0.5) is 5.69 Å². The Morgan fingerprint density at radius 1 is 1.25 bits per heavy atom. The fraction of sp³-hybridized carbons (Fsp3) is 0.263. The van der Waals surface area contributed by atoms with Crippen LogP contribution in [0.3, 0.4) is 0 Å². The number of anilines is 1. The molecule has 0 aliphatic rings. The molecule has 0 unspecified atom stereocenters. The van der Waals surface area contributed by atoms with Crippen LogP contribution in [0.15, 0.2) is 53.4 Å². The SMILES string of the molecule is CSc1ccc(CN(C)CCC(=O)Nc2cccc(C#N)c2)cc1. The van der Waals surface area contributed by atoms with E-state index in [0.29, 0.717) is 24.2 Å². The zero-order valence-corrected chi connectivity index (χ0v) is 14.8. The first-order valence-electron chi connectivity index (χ1n) is 7.72. The largest absolute Gasteiger partial charge is 0.326 e. The van der Waals surface area contributed by atoms with E-state index in [1.807, 2.05) is 7.05 Å². The number of nitrogens with zero attached hydrogens (tertiary/aromatic N) is 2. The van der Waals surface area contributed by atoms with Crippen molar-refractivity contribution < 1.29 is 4.79 Å². The lowest BCUT2D eigenvalue weighted by Crippen LogP contribution is -2.24. The molecule has 0 spiro atoms. The molecule has 2 aromatic carbocycles. The fourth-order valence-electron chi connectivity index (χ4n) is 2.30. The van der Waals surface area contributed by atoms with Crippen LogP contribution in [0.5, 0.6) is 0 Å². The van der Waals surface area contributed by atoms with Gasteiger partial charge in [-0.15, -0.1) is 11.8 Å². The molecule has 0 heterocycles. The third-order valence-corrected chi connectivity index (χ3v) is 4.35. The van der Waals surface area contributed by atoms with E-state index in [9.17, 15) is 4.79 Å². The van der Waals surface area contributed by atoms with Gasteiger partial charge in [0, 0.05) is 30.1 Å². The molecule has 124 valence electrons. The number of hydrogen-bond donors (Lipinski definition) is 1. The number of carbonyl (C=O) groups is 1. The van der Waals surface area contributed by atoms with Crippen molar-refractivity contribution >= 4 is 23.4 Å². The number of amides is 1. The lowest BCUT2D eigenvalue weighted by molar-refractivity contribution is -0.116. The van der Waals surface area contributed by atoms with Gasteiger partial charge in [-0.3, -0.25) is 4.79 Å². The minimum Gasteiger partial charge on any atom is -0.326 e. The molecule has 0 saturated heterocycles. The summed E-state index contributed by atoms with van der Waals surface area (Å²) in [6.45, 7) is 1.49. The topological polar surface area (TPSA) is 56.1 Å². The van der Waals surface area contributed by atoms with E-state index in [-0.39, 0.29) is 5.91 Å². The van der Waals surface area contributed by atoms with Gasteiger partial charge < -0.3 is 10.2 Å². The van der Waals surface area contributed by atoms with Crippen LogP contribution in [-0.2, 0) is 11.3 Å². The van der Waals surface area contributed by atoms with Gasteiger partial charge in [0.2, 0.25) is 5.91 Å². The molecule has 2 rings (SSSR count). The van der Waals surface area contributed by atoms with Gasteiger partial charge in [-0.25, -0.2) is 0 Å². The van der Waals surface area contributed by atoms with E-state index in [1.54, 1.807) is 36.0 Å². The van der Waals surface area contributed by atoms with Gasteiger partial charge in [-0.2, -0.15) is 5.26 Å². The van der Waals surface area contributed by atoms with Crippen molar-refractivity contribution in [3.63, 3.8) is 0 Å². The Hall–Kier alpha value is -2.29. The van der Waals surface area contributed by atoms with Crippen molar-refractivity contribution in [1.29, 1.82) is 5.26 Å². The van der Waals surface area contributed by atoms with E-state index in [2.05, 4.69) is 46.8 Å². The van der Waals surface area contributed by atoms with Gasteiger partial charge in [-0.1, -0.05) is 18.2 Å². The van der Waals surface area contributed by atoms with Crippen molar-refractivity contribution in [2.45, 2.75) is 17.9 Å². The molecule has 0 bridgehead atoms. The lowest BCUT2D eigenvalue weighted by Gasteiger charge is -2.16. The molecule has 0 fully saturated rings. The number of carbonyl (C=O) groups excluding carboxylic acids is 1. The van der Waals surface area contributed by atoms with Crippen molar-refractivity contribution in [1.82, 2.24) is 4.90 Å². The molecule has 1 N–H and O–H groups in total. The minimum atomic E-state index is -0.0466. The van der Waals surface area contributed by atoms with Crippen LogP contribution >= 0.6 is 11.8 Å². The molecular formula is C19H21N3OS. The highest BCUT2D eigenvalue weighted by atomic mass is 32.2. The second-order valence-electron chi connectivity index (χ2n) is 5.58. The van der Waals surface area contributed by atoms with E-state index in [4.69, 9.17) is 5.26 Å². The Labute approximate surface area is 147 Å². The summed E-state index contributed by atoms with van der Waals surface area (Å²) in [5.41, 5.74) is 2.44. The van der Waals surface area contributed by atoms with Crippen LogP contribution in [0.1, 0.15) is 17.5 Å². The molecule has 0 radical (unpaired) electrons. The fourth-order valence-corrected chi connectivity index (χ4v) is 2.71. The van der Waals surface area contributed by atoms with Gasteiger partial charge in [-0.05, 0) is 49.2 Å². The minimum absolute atomic E-state index is 0.0466. The summed E-state index contributed by atoms with van der Waals surface area (Å²) < 4.78 is 0. The molecule has 24 heavy (non-hydrogen) atoms. The molecule has 0 atom stereocenters. The molecule has 0 saturated carbocycles. The first-order chi connectivity index (χ1) is 11.6. The Kier molecular flexibility index (Phi) is 6.86. The lowest BCUT2D eigenvalue weighted by atomic mass is 10.2. The van der Waals surface area contributed by atoms with Gasteiger partial charge in [0.25, 0.3) is 0 Å².